The number of nitro benzene ring substituents is 1. The number of carbonyl (C=O) groups is 1. The monoisotopic (exact) mass is 389 g/mol. The van der Waals surface area contributed by atoms with Crippen molar-refractivity contribution in [3.05, 3.63) is 76.5 Å². The second kappa shape index (κ2) is 7.67. The summed E-state index contributed by atoms with van der Waals surface area (Å²) < 4.78 is 0. The molecule has 1 aromatic heterocycles. The molecule has 0 spiro atoms. The quantitative estimate of drug-likeness (QED) is 0.529. The smallest absolute Gasteiger partial charge is 0.270 e. The van der Waals surface area contributed by atoms with Crippen molar-refractivity contribution < 1.29 is 9.72 Å². The summed E-state index contributed by atoms with van der Waals surface area (Å²) in [6.07, 6.45) is 0.656. The van der Waals surface area contributed by atoms with E-state index in [4.69, 9.17) is 0 Å². The minimum absolute atomic E-state index is 0.00985. The van der Waals surface area contributed by atoms with Gasteiger partial charge in [0.2, 0.25) is 5.91 Å². The summed E-state index contributed by atoms with van der Waals surface area (Å²) in [6.45, 7) is 2.45. The van der Waals surface area contributed by atoms with Crippen molar-refractivity contribution >= 4 is 23.1 Å². The molecular weight excluding hydrogens is 370 g/mol. The average molecular weight is 389 g/mol. The van der Waals surface area contributed by atoms with Gasteiger partial charge in [0.25, 0.3) is 5.69 Å². The standard InChI is InChI=1S/C21H19N5O3/c1-14-12-19(24-20(22-14)15-6-5-9-17(13-15)26(28)29)23-18-10-11-25(21(18)27)16-7-3-2-4-8-16/h2-9,12-13,18H,10-11H2,1H3,(H,22,23,24). The highest BCUT2D eigenvalue weighted by atomic mass is 16.6. The Labute approximate surface area is 167 Å². The minimum atomic E-state index is -0.451. The number of nitrogens with one attached hydrogen (secondary N) is 1. The molecule has 0 radical (unpaired) electrons. The fourth-order valence-electron chi connectivity index (χ4n) is 3.39. The Hall–Kier alpha value is -3.81. The molecule has 1 unspecified atom stereocenters. The Morgan fingerprint density at radius 1 is 1.10 bits per heavy atom. The largest absolute Gasteiger partial charge is 0.358 e. The third kappa shape index (κ3) is 3.91. The normalized spacial score (nSPS) is 16.1. The highest BCUT2D eigenvalue weighted by Crippen LogP contribution is 2.25. The molecule has 0 saturated carbocycles. The number of aryl methyl sites for hydroxylation is 1. The SMILES string of the molecule is Cc1cc(NC2CCN(c3ccccc3)C2=O)nc(-c2cccc([N+](=O)[O-])c2)n1. The van der Waals surface area contributed by atoms with Crippen molar-refractivity contribution in [3.8, 4) is 11.4 Å². The van der Waals surface area contributed by atoms with Crippen LogP contribution in [0.15, 0.2) is 60.7 Å². The van der Waals surface area contributed by atoms with Crippen molar-refractivity contribution in [2.24, 2.45) is 0 Å². The molecule has 146 valence electrons. The first-order valence-electron chi connectivity index (χ1n) is 9.25. The second-order valence-electron chi connectivity index (χ2n) is 6.84. The number of anilines is 2. The summed E-state index contributed by atoms with van der Waals surface area (Å²) in [4.78, 5) is 34.0. The van der Waals surface area contributed by atoms with E-state index < -0.39 is 4.92 Å². The summed E-state index contributed by atoms with van der Waals surface area (Å²) in [6, 6.07) is 17.1. The number of hydrogen-bond acceptors (Lipinski definition) is 6. The molecule has 8 heteroatoms. The molecule has 4 rings (SSSR count). The lowest BCUT2D eigenvalue weighted by Gasteiger charge is -2.17. The van der Waals surface area contributed by atoms with E-state index in [-0.39, 0.29) is 17.6 Å². The molecule has 1 saturated heterocycles. The van der Waals surface area contributed by atoms with Gasteiger partial charge in [-0.25, -0.2) is 9.97 Å². The summed E-state index contributed by atoms with van der Waals surface area (Å²) in [5.74, 6) is 0.887. The molecule has 0 aliphatic carbocycles. The molecule has 1 fully saturated rings. The van der Waals surface area contributed by atoms with E-state index in [1.807, 2.05) is 37.3 Å². The van der Waals surface area contributed by atoms with Crippen LogP contribution in [0.1, 0.15) is 12.1 Å². The minimum Gasteiger partial charge on any atom is -0.358 e. The van der Waals surface area contributed by atoms with Gasteiger partial charge >= 0.3 is 0 Å². The molecular formula is C21H19N5O3. The summed E-state index contributed by atoms with van der Waals surface area (Å²) in [5.41, 5.74) is 2.11. The number of nitro groups is 1. The van der Waals surface area contributed by atoms with Crippen molar-refractivity contribution in [2.45, 2.75) is 19.4 Å². The van der Waals surface area contributed by atoms with Gasteiger partial charge < -0.3 is 10.2 Å². The third-order valence-corrected chi connectivity index (χ3v) is 4.76. The van der Waals surface area contributed by atoms with Gasteiger partial charge in [-0.2, -0.15) is 0 Å². The van der Waals surface area contributed by atoms with Gasteiger partial charge in [0.15, 0.2) is 5.82 Å². The molecule has 0 bridgehead atoms. The van der Waals surface area contributed by atoms with Gasteiger partial charge in [-0.3, -0.25) is 14.9 Å². The van der Waals surface area contributed by atoms with E-state index in [0.717, 1.165) is 5.69 Å². The Morgan fingerprint density at radius 2 is 1.90 bits per heavy atom. The van der Waals surface area contributed by atoms with Crippen LogP contribution in [-0.4, -0.2) is 33.4 Å². The van der Waals surface area contributed by atoms with E-state index in [2.05, 4.69) is 15.3 Å². The highest BCUT2D eigenvalue weighted by Gasteiger charge is 2.32. The van der Waals surface area contributed by atoms with Crippen LogP contribution in [0.4, 0.5) is 17.2 Å². The van der Waals surface area contributed by atoms with Crippen LogP contribution in [0.5, 0.6) is 0 Å². The van der Waals surface area contributed by atoms with E-state index in [9.17, 15) is 14.9 Å². The first-order valence-corrected chi connectivity index (χ1v) is 9.25. The lowest BCUT2D eigenvalue weighted by atomic mass is 10.2. The van der Waals surface area contributed by atoms with Gasteiger partial charge in [-0.15, -0.1) is 0 Å². The van der Waals surface area contributed by atoms with Crippen molar-refractivity contribution in [2.75, 3.05) is 16.8 Å². The number of rotatable bonds is 5. The number of hydrogen-bond donors (Lipinski definition) is 1. The zero-order chi connectivity index (χ0) is 20.4. The highest BCUT2D eigenvalue weighted by molar-refractivity contribution is 6.00. The fraction of sp³-hybridized carbons (Fsp3) is 0.190. The fourth-order valence-corrected chi connectivity index (χ4v) is 3.39. The molecule has 3 aromatic rings. The van der Waals surface area contributed by atoms with E-state index in [0.29, 0.717) is 35.9 Å². The molecule has 2 aromatic carbocycles. The Morgan fingerprint density at radius 3 is 2.66 bits per heavy atom. The average Bonchev–Trinajstić information content (AvgIpc) is 3.08. The number of benzene rings is 2. The zero-order valence-corrected chi connectivity index (χ0v) is 15.8. The van der Waals surface area contributed by atoms with Crippen molar-refractivity contribution in [1.29, 1.82) is 0 Å². The number of amides is 1. The molecule has 29 heavy (non-hydrogen) atoms. The lowest BCUT2D eigenvalue weighted by Crippen LogP contribution is -2.33. The molecule has 1 N–H and O–H groups in total. The van der Waals surface area contributed by atoms with Crippen LogP contribution in [0.25, 0.3) is 11.4 Å². The molecule has 1 aliphatic heterocycles. The van der Waals surface area contributed by atoms with Gasteiger partial charge in [0, 0.05) is 41.7 Å². The van der Waals surface area contributed by atoms with Crippen LogP contribution in [0.2, 0.25) is 0 Å². The maximum atomic E-state index is 12.8. The molecule has 1 atom stereocenters. The van der Waals surface area contributed by atoms with Gasteiger partial charge in [-0.1, -0.05) is 30.3 Å². The van der Waals surface area contributed by atoms with Gasteiger partial charge in [-0.05, 0) is 25.5 Å². The van der Waals surface area contributed by atoms with Crippen LogP contribution in [0, 0.1) is 17.0 Å². The zero-order valence-electron chi connectivity index (χ0n) is 15.8. The first-order chi connectivity index (χ1) is 14.0. The molecule has 1 amide bonds. The van der Waals surface area contributed by atoms with Crippen molar-refractivity contribution in [1.82, 2.24) is 9.97 Å². The third-order valence-electron chi connectivity index (χ3n) is 4.76. The van der Waals surface area contributed by atoms with Gasteiger partial charge in [0.05, 0.1) is 4.92 Å². The van der Waals surface area contributed by atoms with Gasteiger partial charge in [0.1, 0.15) is 11.9 Å². The molecule has 8 nitrogen and oxygen atoms in total. The van der Waals surface area contributed by atoms with Crippen LogP contribution in [0.3, 0.4) is 0 Å². The van der Waals surface area contributed by atoms with Crippen LogP contribution in [-0.2, 0) is 4.79 Å². The topological polar surface area (TPSA) is 101 Å². The van der Waals surface area contributed by atoms with E-state index in [1.165, 1.54) is 12.1 Å². The maximum absolute atomic E-state index is 12.8. The number of carbonyl (C=O) groups excluding carboxylic acids is 1. The number of aromatic nitrogens is 2. The maximum Gasteiger partial charge on any atom is 0.270 e. The Kier molecular flexibility index (Phi) is 4.90. The van der Waals surface area contributed by atoms with Crippen LogP contribution >= 0.6 is 0 Å². The second-order valence-corrected chi connectivity index (χ2v) is 6.84. The summed E-state index contributed by atoms with van der Waals surface area (Å²) in [5, 5.41) is 14.2. The Bertz CT molecular complexity index is 1070. The molecule has 1 aliphatic rings. The van der Waals surface area contributed by atoms with Crippen molar-refractivity contribution in [3.63, 3.8) is 0 Å². The van der Waals surface area contributed by atoms with E-state index in [1.54, 1.807) is 23.1 Å². The summed E-state index contributed by atoms with van der Waals surface area (Å²) >= 11 is 0. The number of nitrogens with zero attached hydrogens (tertiary/aromatic N) is 4. The first kappa shape index (κ1) is 18.5. The van der Waals surface area contributed by atoms with E-state index >= 15 is 0 Å². The molecule has 2 heterocycles. The lowest BCUT2D eigenvalue weighted by molar-refractivity contribution is -0.384. The Balaban J connectivity index is 1.57. The predicted octanol–water partition coefficient (Wildman–Crippen LogP) is 3.58. The number of non-ortho nitro benzene ring substituents is 1. The summed E-state index contributed by atoms with van der Waals surface area (Å²) in [7, 11) is 0. The predicted molar refractivity (Wildman–Crippen MR) is 110 cm³/mol. The van der Waals surface area contributed by atoms with Crippen LogP contribution < -0.4 is 10.2 Å². The number of para-hydroxylation sites is 1.